The first-order valence-electron chi connectivity index (χ1n) is 10.6. The Morgan fingerprint density at radius 2 is 1.57 bits per heavy atom. The molecule has 2 aromatic rings. The summed E-state index contributed by atoms with van der Waals surface area (Å²) < 4.78 is 0. The van der Waals surface area contributed by atoms with Crippen LogP contribution >= 0.6 is 11.1 Å². The fraction of sp³-hybridized carbons (Fsp3) is 0.385. The van der Waals surface area contributed by atoms with Crippen molar-refractivity contribution in [1.29, 1.82) is 0 Å². The van der Waals surface area contributed by atoms with Crippen LogP contribution in [0.15, 0.2) is 72.3 Å². The van der Waals surface area contributed by atoms with Gasteiger partial charge in [0.1, 0.15) is 7.38 Å². The molecule has 0 nitrogen and oxygen atoms in total. The van der Waals surface area contributed by atoms with Crippen molar-refractivity contribution in [2.24, 2.45) is 5.41 Å². The van der Waals surface area contributed by atoms with Crippen LogP contribution in [0, 0.1) is 5.41 Å². The van der Waals surface area contributed by atoms with E-state index in [4.69, 9.17) is 11.1 Å². The Morgan fingerprint density at radius 1 is 0.964 bits per heavy atom. The maximum absolute atomic E-state index is 6.59. The van der Waals surface area contributed by atoms with Gasteiger partial charge >= 0.3 is 0 Å². The predicted octanol–water partition coefficient (Wildman–Crippen LogP) is 8.31. The minimum atomic E-state index is -1.49. The molecule has 28 heavy (non-hydrogen) atoms. The molecule has 4 rings (SSSR count). The second kappa shape index (κ2) is 7.69. The second-order valence-corrected chi connectivity index (χ2v) is 16.3. The van der Waals surface area contributed by atoms with E-state index in [2.05, 4.69) is 86.8 Å². The topological polar surface area (TPSA) is 0 Å². The van der Waals surface area contributed by atoms with Crippen LogP contribution in [0.2, 0.25) is 19.1 Å². The molecule has 0 N–H and O–H groups in total. The summed E-state index contributed by atoms with van der Waals surface area (Å²) in [4.78, 5) is 0. The summed E-state index contributed by atoms with van der Waals surface area (Å²) in [6, 6.07) is 19.3. The number of fused-ring (bicyclic) bond motifs is 3. The second-order valence-electron chi connectivity index (χ2n) is 9.27. The highest BCUT2D eigenvalue weighted by molar-refractivity contribution is 7.19. The molecule has 146 valence electrons. The van der Waals surface area contributed by atoms with Gasteiger partial charge in [0.25, 0.3) is 0 Å². The van der Waals surface area contributed by atoms with Gasteiger partial charge in [0.15, 0.2) is 0 Å². The van der Waals surface area contributed by atoms with Crippen molar-refractivity contribution in [2.75, 3.05) is 0 Å². The van der Waals surface area contributed by atoms with Crippen molar-refractivity contribution < 1.29 is 0 Å². The number of allylic oxidation sites excluding steroid dienone is 4. The predicted molar refractivity (Wildman–Crippen MR) is 126 cm³/mol. The van der Waals surface area contributed by atoms with Crippen LogP contribution in [0.5, 0.6) is 0 Å². The molecule has 2 heteroatoms. The lowest BCUT2D eigenvalue weighted by Gasteiger charge is -2.39. The Bertz CT molecular complexity index is 873. The van der Waals surface area contributed by atoms with Crippen LogP contribution in [0.1, 0.15) is 49.7 Å². The van der Waals surface area contributed by atoms with Gasteiger partial charge in [0, 0.05) is 5.92 Å². The number of hydrogen-bond acceptors (Lipinski definition) is 0. The van der Waals surface area contributed by atoms with Gasteiger partial charge in [-0.3, -0.25) is 0 Å². The van der Waals surface area contributed by atoms with E-state index < -0.39 is 7.38 Å². The fourth-order valence-corrected chi connectivity index (χ4v) is 6.73. The van der Waals surface area contributed by atoms with Crippen molar-refractivity contribution in [3.8, 4) is 11.1 Å². The molecule has 0 saturated heterocycles. The quantitative estimate of drug-likeness (QED) is 0.246. The molecule has 0 fully saturated rings. The van der Waals surface area contributed by atoms with E-state index in [0.29, 0.717) is 5.92 Å². The lowest BCUT2D eigenvalue weighted by atomic mass is 9.64. The molecule has 0 radical (unpaired) electrons. The molecule has 0 spiro atoms. The van der Waals surface area contributed by atoms with Crippen LogP contribution < -0.4 is 0 Å². The summed E-state index contributed by atoms with van der Waals surface area (Å²) in [6.07, 6.45) is 11.7. The molecule has 1 atom stereocenters. The van der Waals surface area contributed by atoms with Crippen LogP contribution in [-0.4, -0.2) is 7.38 Å². The molecule has 2 aromatic carbocycles. The number of benzene rings is 2. The van der Waals surface area contributed by atoms with Gasteiger partial charge in [0.05, 0.1) is 0 Å². The zero-order valence-corrected chi connectivity index (χ0v) is 19.1. The third kappa shape index (κ3) is 3.67. The molecule has 0 aliphatic heterocycles. The monoisotopic (exact) mass is 406 g/mol. The zero-order chi connectivity index (χ0) is 19.8. The van der Waals surface area contributed by atoms with Crippen LogP contribution in [0.4, 0.5) is 0 Å². The van der Waals surface area contributed by atoms with E-state index in [1.54, 1.807) is 5.57 Å². The Kier molecular flexibility index (Phi) is 5.42. The standard InChI is InChI=1S/C26H31ClSi/c1-26(20-12-4-5-13-20,18-10-11-19-28(2,3)27)25-23-16-8-6-14-21(23)22-15-7-9-17-24(22)25/h4-9,12,14-17,25H,10-11,13,18-19H2,1-3H3. The Labute approximate surface area is 176 Å². The van der Waals surface area contributed by atoms with Gasteiger partial charge in [-0.2, -0.15) is 11.1 Å². The molecular formula is C26H31ClSi. The van der Waals surface area contributed by atoms with Crippen molar-refractivity contribution in [3.63, 3.8) is 0 Å². The highest BCUT2D eigenvalue weighted by atomic mass is 35.6. The molecule has 0 aromatic heterocycles. The van der Waals surface area contributed by atoms with E-state index in [1.807, 2.05) is 0 Å². The van der Waals surface area contributed by atoms with E-state index in [9.17, 15) is 0 Å². The molecule has 0 heterocycles. The smallest absolute Gasteiger partial charge is 0.150 e. The van der Waals surface area contributed by atoms with E-state index >= 15 is 0 Å². The van der Waals surface area contributed by atoms with E-state index in [0.717, 1.165) is 6.42 Å². The van der Waals surface area contributed by atoms with Gasteiger partial charge in [-0.05, 0) is 46.6 Å². The summed E-state index contributed by atoms with van der Waals surface area (Å²) in [7, 11) is -1.49. The molecule has 1 unspecified atom stereocenters. The highest BCUT2D eigenvalue weighted by Gasteiger charge is 2.43. The first-order chi connectivity index (χ1) is 13.4. The Balaban J connectivity index is 1.71. The maximum Gasteiger partial charge on any atom is 0.150 e. The first kappa shape index (κ1) is 19.7. The van der Waals surface area contributed by atoms with Gasteiger partial charge in [0.2, 0.25) is 0 Å². The van der Waals surface area contributed by atoms with Crippen LogP contribution in [-0.2, 0) is 0 Å². The summed E-state index contributed by atoms with van der Waals surface area (Å²) >= 11 is 6.59. The minimum Gasteiger partial charge on any atom is -0.168 e. The average molecular weight is 407 g/mol. The number of halogens is 1. The first-order valence-corrected chi connectivity index (χ1v) is 14.9. The van der Waals surface area contributed by atoms with Gasteiger partial charge < -0.3 is 0 Å². The fourth-order valence-electron chi connectivity index (χ4n) is 5.24. The van der Waals surface area contributed by atoms with E-state index in [-0.39, 0.29) is 5.41 Å². The molecule has 0 amide bonds. The van der Waals surface area contributed by atoms with Crippen molar-refractivity contribution in [2.45, 2.75) is 57.7 Å². The molecule has 2 aliphatic carbocycles. The SMILES string of the molecule is CC(CCCC[Si](C)(C)Cl)(C1=CC=CC1)C1c2ccccc2-c2ccccc21. The Hall–Kier alpha value is -1.57. The zero-order valence-electron chi connectivity index (χ0n) is 17.3. The van der Waals surface area contributed by atoms with Gasteiger partial charge in [-0.1, -0.05) is 105 Å². The number of unbranched alkanes of at least 4 members (excludes halogenated alkanes) is 1. The lowest BCUT2D eigenvalue weighted by Crippen LogP contribution is -2.28. The molecule has 0 bridgehead atoms. The summed E-state index contributed by atoms with van der Waals surface area (Å²) in [5.41, 5.74) is 7.60. The van der Waals surface area contributed by atoms with Crippen LogP contribution in [0.3, 0.4) is 0 Å². The van der Waals surface area contributed by atoms with Crippen molar-refractivity contribution in [3.05, 3.63) is 83.5 Å². The summed E-state index contributed by atoms with van der Waals surface area (Å²) in [6.45, 7) is 7.04. The highest BCUT2D eigenvalue weighted by Crippen LogP contribution is 2.58. The largest absolute Gasteiger partial charge is 0.168 e. The summed E-state index contributed by atoms with van der Waals surface area (Å²) in [5.74, 6) is 0.437. The van der Waals surface area contributed by atoms with E-state index in [1.165, 1.54) is 47.6 Å². The third-order valence-corrected chi connectivity index (χ3v) is 8.80. The molecule has 2 aliphatic rings. The normalized spacial score (nSPS) is 17.9. The minimum absolute atomic E-state index is 0.143. The molecule has 0 saturated carbocycles. The number of rotatable bonds is 7. The van der Waals surface area contributed by atoms with Gasteiger partial charge in [-0.15, -0.1) is 0 Å². The third-order valence-electron chi connectivity index (χ3n) is 6.69. The average Bonchev–Trinajstić information content (AvgIpc) is 3.31. The maximum atomic E-state index is 6.59. The van der Waals surface area contributed by atoms with Crippen LogP contribution in [0.25, 0.3) is 11.1 Å². The lowest BCUT2D eigenvalue weighted by molar-refractivity contribution is 0.308. The Morgan fingerprint density at radius 3 is 2.11 bits per heavy atom. The molecular weight excluding hydrogens is 376 g/mol. The van der Waals surface area contributed by atoms with Crippen molar-refractivity contribution in [1.82, 2.24) is 0 Å². The number of hydrogen-bond donors (Lipinski definition) is 0. The van der Waals surface area contributed by atoms with Gasteiger partial charge in [-0.25, -0.2) is 0 Å². The van der Waals surface area contributed by atoms with Crippen molar-refractivity contribution >= 4 is 18.5 Å². The summed E-state index contributed by atoms with van der Waals surface area (Å²) in [5, 5.41) is 0.